The maximum absolute atomic E-state index is 11.4. The molecule has 0 atom stereocenters. The number of ether oxygens (including phenoxy) is 1. The number of nitrogens with zero attached hydrogens (tertiary/aromatic N) is 3. The normalized spacial score (nSPS) is 10.5. The summed E-state index contributed by atoms with van der Waals surface area (Å²) in [6.07, 6.45) is 1.99. The van der Waals surface area contributed by atoms with Gasteiger partial charge in [0, 0.05) is 17.5 Å². The molecule has 0 unspecified atom stereocenters. The number of carbonyl (C=O) groups excluding carboxylic acids is 1. The van der Waals surface area contributed by atoms with E-state index in [4.69, 9.17) is 4.74 Å². The predicted molar refractivity (Wildman–Crippen MR) is 71.3 cm³/mol. The molecule has 0 aliphatic rings. The zero-order valence-electron chi connectivity index (χ0n) is 11.6. The average molecular weight is 259 g/mol. The number of carbonyl (C=O) groups is 1. The third-order valence-electron chi connectivity index (χ3n) is 3.11. The fourth-order valence-electron chi connectivity index (χ4n) is 2.01. The van der Waals surface area contributed by atoms with E-state index in [2.05, 4.69) is 10.1 Å². The van der Waals surface area contributed by atoms with Crippen LogP contribution >= 0.6 is 0 Å². The van der Waals surface area contributed by atoms with Gasteiger partial charge in [-0.3, -0.25) is 4.79 Å². The number of hydrogen-bond donors (Lipinski definition) is 0. The van der Waals surface area contributed by atoms with Crippen LogP contribution in [-0.2, 0) is 16.0 Å². The standard InChI is InChI=1S/C14H17N3O2/c1-9-5-6-15-13(7-9)17-11(3)12(10(2)16-17)8-14(18)19-4/h5-7H,8H2,1-4H3. The van der Waals surface area contributed by atoms with Crippen molar-refractivity contribution in [1.29, 1.82) is 0 Å². The second kappa shape index (κ2) is 5.22. The first-order valence-electron chi connectivity index (χ1n) is 6.08. The lowest BCUT2D eigenvalue weighted by molar-refractivity contribution is -0.139. The molecule has 0 fully saturated rings. The van der Waals surface area contributed by atoms with Crippen LogP contribution in [0.1, 0.15) is 22.5 Å². The van der Waals surface area contributed by atoms with Crippen LogP contribution in [0.4, 0.5) is 0 Å². The molecule has 5 nitrogen and oxygen atoms in total. The molecular formula is C14H17N3O2. The Morgan fingerprint density at radius 1 is 1.37 bits per heavy atom. The second-order valence-electron chi connectivity index (χ2n) is 4.51. The summed E-state index contributed by atoms with van der Waals surface area (Å²) in [4.78, 5) is 15.7. The number of rotatable bonds is 3. The topological polar surface area (TPSA) is 57.0 Å². The van der Waals surface area contributed by atoms with Gasteiger partial charge < -0.3 is 4.74 Å². The molecule has 0 saturated carbocycles. The van der Waals surface area contributed by atoms with Gasteiger partial charge in [0.2, 0.25) is 0 Å². The lowest BCUT2D eigenvalue weighted by atomic mass is 10.1. The summed E-state index contributed by atoms with van der Waals surface area (Å²) in [5.74, 6) is 0.500. The number of esters is 1. The van der Waals surface area contributed by atoms with E-state index in [1.165, 1.54) is 7.11 Å². The van der Waals surface area contributed by atoms with Crippen LogP contribution in [-0.4, -0.2) is 27.8 Å². The van der Waals surface area contributed by atoms with Gasteiger partial charge in [-0.15, -0.1) is 0 Å². The molecule has 0 bridgehead atoms. The van der Waals surface area contributed by atoms with E-state index in [-0.39, 0.29) is 12.4 Å². The van der Waals surface area contributed by atoms with Crippen molar-refractivity contribution in [3.63, 3.8) is 0 Å². The molecule has 0 amide bonds. The summed E-state index contributed by atoms with van der Waals surface area (Å²) >= 11 is 0. The van der Waals surface area contributed by atoms with Crippen LogP contribution in [0.2, 0.25) is 0 Å². The van der Waals surface area contributed by atoms with Gasteiger partial charge in [-0.1, -0.05) is 0 Å². The first-order chi connectivity index (χ1) is 9.02. The van der Waals surface area contributed by atoms with Crippen molar-refractivity contribution in [2.75, 3.05) is 7.11 Å². The Bertz CT molecular complexity index is 617. The fourth-order valence-corrected chi connectivity index (χ4v) is 2.01. The Morgan fingerprint density at radius 2 is 2.11 bits per heavy atom. The molecule has 0 spiro atoms. The molecule has 2 aromatic heterocycles. The Labute approximate surface area is 112 Å². The van der Waals surface area contributed by atoms with Crippen molar-refractivity contribution in [3.8, 4) is 5.82 Å². The van der Waals surface area contributed by atoms with Crippen molar-refractivity contribution in [2.45, 2.75) is 27.2 Å². The summed E-state index contributed by atoms with van der Waals surface area (Å²) in [7, 11) is 1.39. The molecule has 19 heavy (non-hydrogen) atoms. The first kappa shape index (κ1) is 13.3. The largest absolute Gasteiger partial charge is 0.469 e. The van der Waals surface area contributed by atoms with Gasteiger partial charge in [0.1, 0.15) is 0 Å². The lowest BCUT2D eigenvalue weighted by Gasteiger charge is -2.05. The maximum Gasteiger partial charge on any atom is 0.310 e. The predicted octanol–water partition coefficient (Wildman–Crippen LogP) is 1.91. The van der Waals surface area contributed by atoms with Gasteiger partial charge in [-0.2, -0.15) is 5.10 Å². The van der Waals surface area contributed by atoms with Crippen LogP contribution in [0.15, 0.2) is 18.3 Å². The number of hydrogen-bond acceptors (Lipinski definition) is 4. The Kier molecular flexibility index (Phi) is 3.64. The van der Waals surface area contributed by atoms with E-state index in [1.807, 2.05) is 32.9 Å². The summed E-state index contributed by atoms with van der Waals surface area (Å²) < 4.78 is 6.47. The fraction of sp³-hybridized carbons (Fsp3) is 0.357. The molecule has 2 aromatic rings. The van der Waals surface area contributed by atoms with Crippen LogP contribution in [0, 0.1) is 20.8 Å². The number of methoxy groups -OCH3 is 1. The van der Waals surface area contributed by atoms with Crippen molar-refractivity contribution >= 4 is 5.97 Å². The van der Waals surface area contributed by atoms with Crippen LogP contribution < -0.4 is 0 Å². The highest BCUT2D eigenvalue weighted by molar-refractivity contribution is 5.73. The third kappa shape index (κ3) is 2.65. The molecule has 5 heteroatoms. The zero-order chi connectivity index (χ0) is 14.0. The molecule has 0 radical (unpaired) electrons. The van der Waals surface area contributed by atoms with Crippen molar-refractivity contribution in [1.82, 2.24) is 14.8 Å². The molecule has 0 N–H and O–H groups in total. The summed E-state index contributed by atoms with van der Waals surface area (Å²) in [6.45, 7) is 5.83. The third-order valence-corrected chi connectivity index (χ3v) is 3.11. The van der Waals surface area contributed by atoms with E-state index in [0.29, 0.717) is 0 Å². The summed E-state index contributed by atoms with van der Waals surface area (Å²) in [6, 6.07) is 3.89. The van der Waals surface area contributed by atoms with E-state index in [9.17, 15) is 4.79 Å². The van der Waals surface area contributed by atoms with Gasteiger partial charge in [-0.05, 0) is 38.5 Å². The molecule has 0 aliphatic heterocycles. The van der Waals surface area contributed by atoms with Gasteiger partial charge in [0.25, 0.3) is 0 Å². The van der Waals surface area contributed by atoms with Crippen molar-refractivity contribution in [2.24, 2.45) is 0 Å². The molecule has 2 rings (SSSR count). The smallest absolute Gasteiger partial charge is 0.310 e. The second-order valence-corrected chi connectivity index (χ2v) is 4.51. The number of pyridine rings is 1. The highest BCUT2D eigenvalue weighted by Gasteiger charge is 2.16. The molecule has 2 heterocycles. The summed E-state index contributed by atoms with van der Waals surface area (Å²) in [5, 5.41) is 4.46. The Hall–Kier alpha value is -2.17. The van der Waals surface area contributed by atoms with Crippen LogP contribution in [0.5, 0.6) is 0 Å². The van der Waals surface area contributed by atoms with Gasteiger partial charge in [0.05, 0.1) is 19.2 Å². The SMILES string of the molecule is COC(=O)Cc1c(C)nn(-c2cc(C)ccn2)c1C. The zero-order valence-corrected chi connectivity index (χ0v) is 11.6. The lowest BCUT2D eigenvalue weighted by Crippen LogP contribution is -2.07. The number of aromatic nitrogens is 3. The van der Waals surface area contributed by atoms with Crippen molar-refractivity contribution in [3.05, 3.63) is 40.8 Å². The molecule has 100 valence electrons. The quantitative estimate of drug-likeness (QED) is 0.790. The highest BCUT2D eigenvalue weighted by Crippen LogP contribution is 2.18. The Balaban J connectivity index is 2.44. The molecule has 0 aliphatic carbocycles. The molecule has 0 saturated heterocycles. The van der Waals surface area contributed by atoms with E-state index in [1.54, 1.807) is 10.9 Å². The van der Waals surface area contributed by atoms with Gasteiger partial charge >= 0.3 is 5.97 Å². The van der Waals surface area contributed by atoms with Crippen molar-refractivity contribution < 1.29 is 9.53 Å². The Morgan fingerprint density at radius 3 is 2.74 bits per heavy atom. The van der Waals surface area contributed by atoms with E-state index >= 15 is 0 Å². The molecular weight excluding hydrogens is 242 g/mol. The minimum absolute atomic E-state index is 0.236. The average Bonchev–Trinajstić information content (AvgIpc) is 2.66. The van der Waals surface area contributed by atoms with E-state index < -0.39 is 0 Å². The monoisotopic (exact) mass is 259 g/mol. The first-order valence-corrected chi connectivity index (χ1v) is 6.08. The number of aryl methyl sites for hydroxylation is 2. The minimum atomic E-state index is -0.261. The van der Waals surface area contributed by atoms with Crippen LogP contribution in [0.3, 0.4) is 0 Å². The highest BCUT2D eigenvalue weighted by atomic mass is 16.5. The summed E-state index contributed by atoms with van der Waals surface area (Å²) in [5.41, 5.74) is 3.76. The minimum Gasteiger partial charge on any atom is -0.469 e. The maximum atomic E-state index is 11.4. The van der Waals surface area contributed by atoms with Gasteiger partial charge in [-0.25, -0.2) is 9.67 Å². The molecule has 0 aromatic carbocycles. The van der Waals surface area contributed by atoms with Gasteiger partial charge in [0.15, 0.2) is 5.82 Å². The van der Waals surface area contributed by atoms with Crippen LogP contribution in [0.25, 0.3) is 5.82 Å². The van der Waals surface area contributed by atoms with E-state index in [0.717, 1.165) is 28.3 Å².